The lowest BCUT2D eigenvalue weighted by Crippen LogP contribution is -2.65. The number of carbonyl (C=O) groups excluding carboxylic acids is 1. The Kier molecular flexibility index (Phi) is 4.94. The molecule has 0 aromatic carbocycles. The van der Waals surface area contributed by atoms with Crippen molar-refractivity contribution in [2.24, 2.45) is 52.3 Å². The van der Waals surface area contributed by atoms with Crippen LogP contribution >= 0.6 is 0 Å². The minimum Gasteiger partial charge on any atom is -0.456 e. The van der Waals surface area contributed by atoms with Crippen LogP contribution in [0, 0.1) is 64.1 Å². The molecular formula is C27H40O5. The summed E-state index contributed by atoms with van der Waals surface area (Å²) in [6, 6.07) is 0. The molecule has 0 amide bonds. The third-order valence-corrected chi connectivity index (χ3v) is 11.4. The van der Waals surface area contributed by atoms with Crippen LogP contribution in [0.2, 0.25) is 0 Å². The van der Waals surface area contributed by atoms with Crippen LogP contribution in [0.1, 0.15) is 73.1 Å². The summed E-state index contributed by atoms with van der Waals surface area (Å²) in [5, 5.41) is 34.3. The standard InChI is InChI=1S/C27H40O5/c1-6-32-21(29)9-12-26(30)16(3)15(2)23-22-18-13-20(18)27(31)14-17(28)7-10-24(27,4)19(22)8-11-25(23,26)5/h15-20,22-23,28,30-31H,6-8,10-11,13-14H2,1-5H3/t15-,16?,17+,18?,19?,20?,22?,23?,24-,25+,26+,27-/m1/s1. The molecule has 0 aromatic heterocycles. The molecule has 0 aromatic rings. The zero-order chi connectivity index (χ0) is 23.3. The molecule has 5 heteroatoms. The van der Waals surface area contributed by atoms with Crippen molar-refractivity contribution >= 4 is 5.97 Å². The van der Waals surface area contributed by atoms with Gasteiger partial charge in [-0.3, -0.25) is 0 Å². The van der Waals surface area contributed by atoms with Gasteiger partial charge in [-0.25, -0.2) is 4.79 Å². The van der Waals surface area contributed by atoms with Gasteiger partial charge < -0.3 is 20.1 Å². The van der Waals surface area contributed by atoms with Crippen LogP contribution in [0.3, 0.4) is 0 Å². The van der Waals surface area contributed by atoms with Gasteiger partial charge in [0.25, 0.3) is 0 Å². The number of esters is 1. The highest BCUT2D eigenvalue weighted by molar-refractivity contribution is 5.88. The predicted octanol–water partition coefficient (Wildman–Crippen LogP) is 3.15. The first-order valence-electron chi connectivity index (χ1n) is 12.8. The molecule has 0 aliphatic heterocycles. The quantitative estimate of drug-likeness (QED) is 0.329. The van der Waals surface area contributed by atoms with Crippen LogP contribution in [-0.2, 0) is 9.53 Å². The van der Waals surface area contributed by atoms with Gasteiger partial charge in [0, 0.05) is 17.8 Å². The molecule has 0 heterocycles. The molecule has 5 saturated carbocycles. The van der Waals surface area contributed by atoms with Gasteiger partial charge in [0.2, 0.25) is 0 Å². The minimum absolute atomic E-state index is 0.0443. The second-order valence-electron chi connectivity index (χ2n) is 12.3. The maximum atomic E-state index is 12.0. The Balaban J connectivity index is 1.53. The zero-order valence-corrected chi connectivity index (χ0v) is 20.2. The summed E-state index contributed by atoms with van der Waals surface area (Å²) in [7, 11) is 0. The van der Waals surface area contributed by atoms with E-state index in [0.29, 0.717) is 30.1 Å². The van der Waals surface area contributed by atoms with E-state index in [0.717, 1.165) is 32.1 Å². The summed E-state index contributed by atoms with van der Waals surface area (Å²) in [6.45, 7) is 10.9. The summed E-state index contributed by atoms with van der Waals surface area (Å²) < 4.78 is 5.01. The number of hydrogen-bond acceptors (Lipinski definition) is 5. The first-order valence-corrected chi connectivity index (χ1v) is 12.8. The SMILES string of the molecule is CCOC(=O)C#C[C@]1(O)C(C)[C@@H](C)C2C3C4CC4[C@]4(O)C[C@@H](O)CC[C@]4(C)C3CC[C@@]21C. The van der Waals surface area contributed by atoms with Gasteiger partial charge in [-0.05, 0) is 85.9 Å². The fourth-order valence-electron chi connectivity index (χ4n) is 9.60. The Bertz CT molecular complexity index is 875. The second-order valence-corrected chi connectivity index (χ2v) is 12.3. The van der Waals surface area contributed by atoms with E-state index < -0.39 is 23.3 Å². The summed E-state index contributed by atoms with van der Waals surface area (Å²) >= 11 is 0. The number of aliphatic hydroxyl groups is 3. The van der Waals surface area contributed by atoms with Crippen molar-refractivity contribution in [3.05, 3.63) is 0 Å². The number of aliphatic hydroxyl groups excluding tert-OH is 1. The molecule has 12 atom stereocenters. The molecule has 5 aliphatic rings. The molecule has 3 N–H and O–H groups in total. The molecule has 5 nitrogen and oxygen atoms in total. The maximum Gasteiger partial charge on any atom is 0.384 e. The van der Waals surface area contributed by atoms with Crippen molar-refractivity contribution in [2.75, 3.05) is 6.61 Å². The number of rotatable bonds is 1. The van der Waals surface area contributed by atoms with E-state index in [1.54, 1.807) is 6.92 Å². The van der Waals surface area contributed by atoms with Crippen LogP contribution < -0.4 is 0 Å². The van der Waals surface area contributed by atoms with Crippen LogP contribution in [0.5, 0.6) is 0 Å². The molecule has 32 heavy (non-hydrogen) atoms. The lowest BCUT2D eigenvalue weighted by atomic mass is 9.42. The average molecular weight is 445 g/mol. The zero-order valence-electron chi connectivity index (χ0n) is 20.2. The first-order chi connectivity index (χ1) is 14.9. The van der Waals surface area contributed by atoms with Crippen molar-refractivity contribution < 1.29 is 24.9 Å². The average Bonchev–Trinajstić information content (AvgIpc) is 3.52. The first kappa shape index (κ1) is 22.7. The molecular weight excluding hydrogens is 404 g/mol. The van der Waals surface area contributed by atoms with E-state index in [1.807, 2.05) is 0 Å². The van der Waals surface area contributed by atoms with Gasteiger partial charge >= 0.3 is 5.97 Å². The Morgan fingerprint density at radius 1 is 1.09 bits per heavy atom. The molecule has 5 rings (SSSR count). The Morgan fingerprint density at radius 2 is 1.78 bits per heavy atom. The van der Waals surface area contributed by atoms with Crippen LogP contribution in [0.15, 0.2) is 0 Å². The summed E-state index contributed by atoms with van der Waals surface area (Å²) in [4.78, 5) is 12.0. The van der Waals surface area contributed by atoms with Crippen molar-refractivity contribution in [3.8, 4) is 11.8 Å². The molecule has 0 bridgehead atoms. The third-order valence-electron chi connectivity index (χ3n) is 11.4. The van der Waals surface area contributed by atoms with Crippen molar-refractivity contribution in [3.63, 3.8) is 0 Å². The van der Waals surface area contributed by atoms with Crippen LogP contribution in [0.25, 0.3) is 0 Å². The molecule has 0 spiro atoms. The lowest BCUT2D eigenvalue weighted by molar-refractivity contribution is -0.231. The summed E-state index contributed by atoms with van der Waals surface area (Å²) in [6.07, 6.45) is 4.58. The summed E-state index contributed by atoms with van der Waals surface area (Å²) in [5.41, 5.74) is -2.57. The molecule has 6 unspecified atom stereocenters. The third kappa shape index (κ3) is 2.61. The molecule has 5 fully saturated rings. The number of ether oxygens (including phenoxy) is 1. The Hall–Kier alpha value is -1.09. The second kappa shape index (κ2) is 6.96. The highest BCUT2D eigenvalue weighted by Gasteiger charge is 2.77. The molecule has 5 aliphatic carbocycles. The number of hydrogen-bond donors (Lipinski definition) is 3. The van der Waals surface area contributed by atoms with Crippen LogP contribution in [-0.4, -0.2) is 45.2 Å². The van der Waals surface area contributed by atoms with Crippen molar-refractivity contribution in [1.82, 2.24) is 0 Å². The summed E-state index contributed by atoms with van der Waals surface area (Å²) in [5.74, 6) is 7.16. The minimum atomic E-state index is -1.23. The van der Waals surface area contributed by atoms with Gasteiger partial charge in [-0.15, -0.1) is 0 Å². The largest absolute Gasteiger partial charge is 0.456 e. The van der Waals surface area contributed by atoms with E-state index in [1.165, 1.54) is 0 Å². The maximum absolute atomic E-state index is 12.0. The van der Waals surface area contributed by atoms with E-state index in [-0.39, 0.29) is 35.2 Å². The normalized spacial score (nSPS) is 57.8. The lowest BCUT2D eigenvalue weighted by Gasteiger charge is -2.64. The smallest absolute Gasteiger partial charge is 0.384 e. The molecule has 0 saturated heterocycles. The highest BCUT2D eigenvalue weighted by atomic mass is 16.5. The van der Waals surface area contributed by atoms with E-state index in [4.69, 9.17) is 4.74 Å². The number of carbonyl (C=O) groups is 1. The van der Waals surface area contributed by atoms with Gasteiger partial charge in [0.1, 0.15) is 5.60 Å². The van der Waals surface area contributed by atoms with Gasteiger partial charge in [0.15, 0.2) is 0 Å². The number of fused-ring (bicyclic) bond motifs is 8. The van der Waals surface area contributed by atoms with E-state index in [9.17, 15) is 20.1 Å². The Labute approximate surface area is 192 Å². The van der Waals surface area contributed by atoms with Gasteiger partial charge in [-0.2, -0.15) is 0 Å². The fourth-order valence-corrected chi connectivity index (χ4v) is 9.60. The monoisotopic (exact) mass is 444 g/mol. The fraction of sp³-hybridized carbons (Fsp3) is 0.889. The topological polar surface area (TPSA) is 87.0 Å². The van der Waals surface area contributed by atoms with Crippen LogP contribution in [0.4, 0.5) is 0 Å². The highest BCUT2D eigenvalue weighted by Crippen LogP contribution is 2.77. The van der Waals surface area contributed by atoms with Gasteiger partial charge in [0.05, 0.1) is 18.3 Å². The van der Waals surface area contributed by atoms with Crippen molar-refractivity contribution in [1.29, 1.82) is 0 Å². The molecule has 178 valence electrons. The predicted molar refractivity (Wildman–Crippen MR) is 120 cm³/mol. The Morgan fingerprint density at radius 3 is 2.47 bits per heavy atom. The van der Waals surface area contributed by atoms with Gasteiger partial charge in [-0.1, -0.05) is 33.6 Å². The van der Waals surface area contributed by atoms with E-state index in [2.05, 4.69) is 39.5 Å². The molecule has 0 radical (unpaired) electrons. The van der Waals surface area contributed by atoms with Crippen molar-refractivity contribution in [2.45, 2.75) is 90.4 Å². The van der Waals surface area contributed by atoms with E-state index >= 15 is 0 Å².